The van der Waals surface area contributed by atoms with Crippen molar-refractivity contribution in [1.29, 1.82) is 0 Å². The Morgan fingerprint density at radius 3 is 1.71 bits per heavy atom. The highest BCUT2D eigenvalue weighted by molar-refractivity contribution is 6.17. The minimum absolute atomic E-state index is 0.861. The highest BCUT2D eigenvalue weighted by atomic mass is 16.3. The van der Waals surface area contributed by atoms with Crippen LogP contribution in [0.5, 0.6) is 0 Å². The van der Waals surface area contributed by atoms with Gasteiger partial charge in [-0.05, 0) is 84.4 Å². The molecule has 3 heterocycles. The lowest BCUT2D eigenvalue weighted by Crippen LogP contribution is -2.10. The minimum Gasteiger partial charge on any atom is -0.456 e. The first-order valence-corrected chi connectivity index (χ1v) is 17.6. The summed E-state index contributed by atoms with van der Waals surface area (Å²) in [6, 6.07) is 64.2. The number of nitrogens with zero attached hydrogens (tertiary/aromatic N) is 2. The Morgan fingerprint density at radius 1 is 0.404 bits per heavy atom. The molecule has 244 valence electrons. The molecule has 11 rings (SSSR count). The lowest BCUT2D eigenvalue weighted by Gasteiger charge is -2.27. The van der Waals surface area contributed by atoms with E-state index in [2.05, 4.69) is 167 Å². The second-order valence-electron chi connectivity index (χ2n) is 13.3. The monoisotopic (exact) mass is 666 g/mol. The molecule has 0 saturated heterocycles. The number of furan rings is 2. The Hall–Kier alpha value is -7.04. The summed E-state index contributed by atoms with van der Waals surface area (Å²) in [6.45, 7) is 0. The van der Waals surface area contributed by atoms with Gasteiger partial charge >= 0.3 is 0 Å². The largest absolute Gasteiger partial charge is 0.456 e. The molecular formula is C48H30N2O2. The van der Waals surface area contributed by atoms with Crippen molar-refractivity contribution in [3.05, 3.63) is 182 Å². The van der Waals surface area contributed by atoms with Crippen LogP contribution in [-0.4, -0.2) is 4.57 Å². The van der Waals surface area contributed by atoms with Crippen molar-refractivity contribution in [2.75, 3.05) is 4.90 Å². The van der Waals surface area contributed by atoms with Gasteiger partial charge in [0.15, 0.2) is 0 Å². The van der Waals surface area contributed by atoms with Crippen LogP contribution in [0.4, 0.5) is 17.1 Å². The van der Waals surface area contributed by atoms with Gasteiger partial charge in [0.25, 0.3) is 0 Å². The van der Waals surface area contributed by atoms with Crippen LogP contribution < -0.4 is 4.90 Å². The predicted molar refractivity (Wildman–Crippen MR) is 215 cm³/mol. The average molecular weight is 667 g/mol. The number of benzene rings is 8. The SMILES string of the molecule is c1ccc(-c2ccc(N(c3ccc(-n4c5ccccc5c5ccccc54)cc3)c3ccc4oc5ccccc5c4c3)c3c2oc2ccccc23)cc1. The van der Waals surface area contributed by atoms with Gasteiger partial charge in [0, 0.05) is 49.6 Å². The van der Waals surface area contributed by atoms with Crippen LogP contribution in [0.2, 0.25) is 0 Å². The van der Waals surface area contributed by atoms with Crippen molar-refractivity contribution in [3.63, 3.8) is 0 Å². The zero-order valence-electron chi connectivity index (χ0n) is 28.0. The molecule has 0 bridgehead atoms. The Morgan fingerprint density at radius 2 is 0.981 bits per heavy atom. The smallest absolute Gasteiger partial charge is 0.145 e. The van der Waals surface area contributed by atoms with E-state index in [-0.39, 0.29) is 0 Å². The van der Waals surface area contributed by atoms with Gasteiger partial charge in [-0.3, -0.25) is 0 Å². The first kappa shape index (κ1) is 28.8. The number of para-hydroxylation sites is 4. The van der Waals surface area contributed by atoms with Crippen molar-refractivity contribution in [3.8, 4) is 16.8 Å². The molecule has 52 heavy (non-hydrogen) atoms. The first-order chi connectivity index (χ1) is 25.8. The summed E-state index contributed by atoms with van der Waals surface area (Å²) >= 11 is 0. The maximum atomic E-state index is 6.72. The molecule has 0 fully saturated rings. The van der Waals surface area contributed by atoms with Crippen LogP contribution in [0.25, 0.3) is 82.5 Å². The molecule has 0 radical (unpaired) electrons. The highest BCUT2D eigenvalue weighted by Gasteiger charge is 2.23. The van der Waals surface area contributed by atoms with Crippen LogP contribution in [0, 0.1) is 0 Å². The molecule has 4 nitrogen and oxygen atoms in total. The molecule has 0 aliphatic rings. The first-order valence-electron chi connectivity index (χ1n) is 17.6. The Balaban J connectivity index is 1.17. The van der Waals surface area contributed by atoms with Gasteiger partial charge < -0.3 is 18.3 Å². The van der Waals surface area contributed by atoms with Crippen molar-refractivity contribution in [1.82, 2.24) is 4.57 Å². The molecule has 8 aromatic carbocycles. The van der Waals surface area contributed by atoms with Crippen molar-refractivity contribution in [2.24, 2.45) is 0 Å². The molecule has 3 aromatic heterocycles. The van der Waals surface area contributed by atoms with Gasteiger partial charge in [0.1, 0.15) is 22.3 Å². The summed E-state index contributed by atoms with van der Waals surface area (Å²) in [5, 5.41) is 6.82. The van der Waals surface area contributed by atoms with Gasteiger partial charge in [0.05, 0.1) is 22.1 Å². The number of aromatic nitrogens is 1. The van der Waals surface area contributed by atoms with E-state index in [1.807, 2.05) is 24.3 Å². The number of hydrogen-bond donors (Lipinski definition) is 0. The summed E-state index contributed by atoms with van der Waals surface area (Å²) in [5.41, 5.74) is 12.2. The third-order valence-corrected chi connectivity index (χ3v) is 10.4. The quantitative estimate of drug-likeness (QED) is 0.183. The minimum atomic E-state index is 0.861. The number of rotatable bonds is 5. The van der Waals surface area contributed by atoms with Crippen molar-refractivity contribution >= 4 is 82.7 Å². The second-order valence-corrected chi connectivity index (χ2v) is 13.3. The van der Waals surface area contributed by atoms with E-state index in [0.29, 0.717) is 0 Å². The van der Waals surface area contributed by atoms with Gasteiger partial charge in [-0.25, -0.2) is 0 Å². The second kappa shape index (κ2) is 11.2. The summed E-state index contributed by atoms with van der Waals surface area (Å²) in [6.07, 6.45) is 0. The zero-order chi connectivity index (χ0) is 34.2. The Labute approximate surface area is 299 Å². The van der Waals surface area contributed by atoms with Crippen LogP contribution in [0.15, 0.2) is 191 Å². The van der Waals surface area contributed by atoms with Crippen LogP contribution in [-0.2, 0) is 0 Å². The average Bonchev–Trinajstić information content (AvgIpc) is 3.89. The lowest BCUT2D eigenvalue weighted by atomic mass is 9.99. The molecular weight excluding hydrogens is 637 g/mol. The summed E-state index contributed by atoms with van der Waals surface area (Å²) in [4.78, 5) is 2.36. The van der Waals surface area contributed by atoms with Gasteiger partial charge in [-0.2, -0.15) is 0 Å². The molecule has 0 amide bonds. The Kier molecular flexibility index (Phi) is 6.22. The fourth-order valence-corrected chi connectivity index (χ4v) is 8.07. The van der Waals surface area contributed by atoms with Crippen molar-refractivity contribution in [2.45, 2.75) is 0 Å². The molecule has 0 aliphatic heterocycles. The van der Waals surface area contributed by atoms with Gasteiger partial charge in [0.2, 0.25) is 0 Å². The maximum absolute atomic E-state index is 6.72. The molecule has 4 heteroatoms. The van der Waals surface area contributed by atoms with E-state index in [1.54, 1.807) is 0 Å². The normalized spacial score (nSPS) is 11.8. The third-order valence-electron chi connectivity index (χ3n) is 10.4. The van der Waals surface area contributed by atoms with Crippen LogP contribution >= 0.6 is 0 Å². The van der Waals surface area contributed by atoms with E-state index >= 15 is 0 Å². The Bertz CT molecular complexity index is 3080. The van der Waals surface area contributed by atoms with E-state index in [1.165, 1.54) is 21.8 Å². The molecule has 0 N–H and O–H groups in total. The highest BCUT2D eigenvalue weighted by Crippen LogP contribution is 2.47. The fraction of sp³-hybridized carbons (Fsp3) is 0. The number of anilines is 3. The molecule has 0 unspecified atom stereocenters. The van der Waals surface area contributed by atoms with Gasteiger partial charge in [-0.15, -0.1) is 0 Å². The van der Waals surface area contributed by atoms with Crippen LogP contribution in [0.3, 0.4) is 0 Å². The molecule has 0 saturated carbocycles. The summed E-state index contributed by atoms with van der Waals surface area (Å²) in [5.74, 6) is 0. The van der Waals surface area contributed by atoms with E-state index < -0.39 is 0 Å². The summed E-state index contributed by atoms with van der Waals surface area (Å²) < 4.78 is 15.4. The van der Waals surface area contributed by atoms with E-state index in [4.69, 9.17) is 8.83 Å². The summed E-state index contributed by atoms with van der Waals surface area (Å²) in [7, 11) is 0. The van der Waals surface area contributed by atoms with Gasteiger partial charge in [-0.1, -0.05) is 103 Å². The third kappa shape index (κ3) is 4.28. The topological polar surface area (TPSA) is 34.5 Å². The molecule has 0 aliphatic carbocycles. The van der Waals surface area contributed by atoms with E-state index in [0.717, 1.165) is 77.8 Å². The lowest BCUT2D eigenvalue weighted by molar-refractivity contribution is 0.669. The predicted octanol–water partition coefficient (Wildman–Crippen LogP) is 13.7. The van der Waals surface area contributed by atoms with E-state index in [9.17, 15) is 0 Å². The zero-order valence-corrected chi connectivity index (χ0v) is 28.0. The van der Waals surface area contributed by atoms with Crippen molar-refractivity contribution < 1.29 is 8.83 Å². The molecule has 0 atom stereocenters. The standard InChI is InChI=1S/C48H30N2O2/c1-2-12-31(13-3-1)35-27-28-43(47-39-17-7-11-21-45(39)52-48(35)47)49(34-26-29-46-40(30-34)38-16-6-10-20-44(38)51-46)32-22-24-33(25-23-32)50-41-18-8-4-14-36(41)37-15-5-9-19-42(37)50/h1-30H. The van der Waals surface area contributed by atoms with Crippen LogP contribution in [0.1, 0.15) is 0 Å². The maximum Gasteiger partial charge on any atom is 0.145 e. The number of fused-ring (bicyclic) bond motifs is 9. The molecule has 11 aromatic rings. The number of hydrogen-bond acceptors (Lipinski definition) is 3. The molecule has 0 spiro atoms. The fourth-order valence-electron chi connectivity index (χ4n) is 8.07.